The Morgan fingerprint density at radius 2 is 1.78 bits per heavy atom. The molecule has 0 aliphatic carbocycles. The van der Waals surface area contributed by atoms with Crippen molar-refractivity contribution in [3.05, 3.63) is 95.7 Å². The Morgan fingerprint density at radius 3 is 2.39 bits per heavy atom. The van der Waals surface area contributed by atoms with Crippen molar-refractivity contribution in [3.63, 3.8) is 0 Å². The fraction of sp³-hybridized carbons (Fsp3) is 0.120. The van der Waals surface area contributed by atoms with Gasteiger partial charge in [-0.25, -0.2) is 12.8 Å². The number of halogens is 4. The highest BCUT2D eigenvalue weighted by Gasteiger charge is 2.35. The minimum absolute atomic E-state index is 0.0179. The molecule has 186 valence electrons. The molecule has 1 N–H and O–H groups in total. The quantitative estimate of drug-likeness (QED) is 0.347. The largest absolute Gasteiger partial charge is 0.417 e. The fourth-order valence-electron chi connectivity index (χ4n) is 3.87. The third-order valence-corrected chi connectivity index (χ3v) is 6.63. The minimum Gasteiger partial charge on any atom is -0.322 e. The Bertz CT molecular complexity index is 1560. The number of benzene rings is 2. The van der Waals surface area contributed by atoms with Crippen LogP contribution < -0.4 is 5.32 Å². The first-order valence-electron chi connectivity index (χ1n) is 10.5. The van der Waals surface area contributed by atoms with E-state index in [0.29, 0.717) is 5.69 Å². The van der Waals surface area contributed by atoms with Gasteiger partial charge in [-0.05, 0) is 48.9 Å². The lowest BCUT2D eigenvalue weighted by Gasteiger charge is -2.16. The highest BCUT2D eigenvalue weighted by Crippen LogP contribution is 2.40. The molecule has 4 rings (SSSR count). The van der Waals surface area contributed by atoms with Crippen LogP contribution in [0.1, 0.15) is 21.5 Å². The Morgan fingerprint density at radius 1 is 1.06 bits per heavy atom. The molecule has 2 aromatic carbocycles. The molecule has 0 atom stereocenters. The molecule has 36 heavy (non-hydrogen) atoms. The SMILES string of the molecule is Cc1c(C(=O)Nc2ccc(S(C)(=O)=O)c(F)c2)cn(-c2cccnc2)c1-c1ccccc1C(F)(F)F. The van der Waals surface area contributed by atoms with Crippen LogP contribution in [0.3, 0.4) is 0 Å². The van der Waals surface area contributed by atoms with Gasteiger partial charge in [0.05, 0.1) is 28.7 Å². The molecule has 0 saturated heterocycles. The van der Waals surface area contributed by atoms with Crippen LogP contribution in [0, 0.1) is 12.7 Å². The number of amides is 1. The van der Waals surface area contributed by atoms with Crippen molar-refractivity contribution in [2.24, 2.45) is 0 Å². The molecule has 0 saturated carbocycles. The summed E-state index contributed by atoms with van der Waals surface area (Å²) >= 11 is 0. The second kappa shape index (κ2) is 9.23. The van der Waals surface area contributed by atoms with Crippen molar-refractivity contribution in [1.82, 2.24) is 9.55 Å². The van der Waals surface area contributed by atoms with Gasteiger partial charge >= 0.3 is 6.18 Å². The predicted molar refractivity (Wildman–Crippen MR) is 126 cm³/mol. The van der Waals surface area contributed by atoms with Gasteiger partial charge in [-0.3, -0.25) is 9.78 Å². The highest BCUT2D eigenvalue weighted by atomic mass is 32.2. The van der Waals surface area contributed by atoms with Gasteiger partial charge in [-0.1, -0.05) is 18.2 Å². The lowest BCUT2D eigenvalue weighted by Crippen LogP contribution is -2.13. The summed E-state index contributed by atoms with van der Waals surface area (Å²) in [4.78, 5) is 16.6. The lowest BCUT2D eigenvalue weighted by molar-refractivity contribution is -0.137. The van der Waals surface area contributed by atoms with Gasteiger partial charge < -0.3 is 9.88 Å². The Hall–Kier alpha value is -3.99. The number of hydrogen-bond donors (Lipinski definition) is 1. The first kappa shape index (κ1) is 25.1. The second-order valence-corrected chi connectivity index (χ2v) is 10.00. The third-order valence-electron chi connectivity index (χ3n) is 5.50. The Kier molecular flexibility index (Phi) is 6.44. The van der Waals surface area contributed by atoms with Crippen LogP contribution in [0.25, 0.3) is 16.9 Å². The summed E-state index contributed by atoms with van der Waals surface area (Å²) in [7, 11) is -3.81. The molecule has 1 amide bonds. The summed E-state index contributed by atoms with van der Waals surface area (Å²) in [5.74, 6) is -1.76. The number of pyridine rings is 1. The van der Waals surface area contributed by atoms with Crippen LogP contribution in [-0.4, -0.2) is 30.1 Å². The topological polar surface area (TPSA) is 81.1 Å². The van der Waals surface area contributed by atoms with Crippen molar-refractivity contribution in [3.8, 4) is 16.9 Å². The average Bonchev–Trinajstić information content (AvgIpc) is 3.15. The van der Waals surface area contributed by atoms with Crippen molar-refractivity contribution in [2.45, 2.75) is 18.0 Å². The number of carbonyl (C=O) groups excluding carboxylic acids is 1. The van der Waals surface area contributed by atoms with E-state index in [1.54, 1.807) is 12.1 Å². The number of anilines is 1. The summed E-state index contributed by atoms with van der Waals surface area (Å²) < 4.78 is 80.5. The van der Waals surface area contributed by atoms with E-state index < -0.39 is 38.2 Å². The van der Waals surface area contributed by atoms with E-state index in [2.05, 4.69) is 10.3 Å². The van der Waals surface area contributed by atoms with E-state index in [1.165, 1.54) is 54.3 Å². The van der Waals surface area contributed by atoms with Gasteiger partial charge in [0.15, 0.2) is 9.84 Å². The maximum atomic E-state index is 14.3. The van der Waals surface area contributed by atoms with Crippen LogP contribution >= 0.6 is 0 Å². The van der Waals surface area contributed by atoms with E-state index >= 15 is 0 Å². The number of alkyl halides is 3. The predicted octanol–water partition coefficient (Wildman–Crippen LogP) is 5.66. The Balaban J connectivity index is 1.83. The molecular formula is C25H19F4N3O3S. The summed E-state index contributed by atoms with van der Waals surface area (Å²) in [6.07, 6.45) is 0.542. The molecule has 2 aromatic heterocycles. The Labute approximate surface area is 204 Å². The normalized spacial score (nSPS) is 11.9. The zero-order chi connectivity index (χ0) is 26.3. The summed E-state index contributed by atoms with van der Waals surface area (Å²) in [5.41, 5.74) is -0.166. The number of nitrogens with zero attached hydrogens (tertiary/aromatic N) is 2. The van der Waals surface area contributed by atoms with Crippen LogP contribution in [0.4, 0.5) is 23.2 Å². The van der Waals surface area contributed by atoms with E-state index in [9.17, 15) is 30.8 Å². The molecule has 0 radical (unpaired) electrons. The maximum absolute atomic E-state index is 14.3. The van der Waals surface area contributed by atoms with E-state index in [1.807, 2.05) is 0 Å². The summed E-state index contributed by atoms with van der Waals surface area (Å²) in [6.45, 7) is 1.51. The molecule has 0 fully saturated rings. The van der Waals surface area contributed by atoms with Crippen LogP contribution in [-0.2, 0) is 16.0 Å². The maximum Gasteiger partial charge on any atom is 0.417 e. The molecular weight excluding hydrogens is 498 g/mol. The zero-order valence-electron chi connectivity index (χ0n) is 19.0. The van der Waals surface area contributed by atoms with Crippen molar-refractivity contribution < 1.29 is 30.8 Å². The number of rotatable bonds is 5. The smallest absolute Gasteiger partial charge is 0.322 e. The molecule has 0 aliphatic rings. The van der Waals surface area contributed by atoms with Gasteiger partial charge in [0, 0.05) is 29.9 Å². The molecule has 0 unspecified atom stereocenters. The first-order chi connectivity index (χ1) is 16.9. The average molecular weight is 518 g/mol. The van der Waals surface area contributed by atoms with Gasteiger partial charge in [0.1, 0.15) is 10.7 Å². The highest BCUT2D eigenvalue weighted by molar-refractivity contribution is 7.90. The summed E-state index contributed by atoms with van der Waals surface area (Å²) in [6, 6.07) is 11.4. The van der Waals surface area contributed by atoms with E-state index in [0.717, 1.165) is 24.5 Å². The number of carbonyl (C=O) groups is 1. The van der Waals surface area contributed by atoms with Crippen LogP contribution in [0.5, 0.6) is 0 Å². The van der Waals surface area contributed by atoms with Crippen molar-refractivity contribution in [2.75, 3.05) is 11.6 Å². The fourth-order valence-corrected chi connectivity index (χ4v) is 4.60. The first-order valence-corrected chi connectivity index (χ1v) is 12.4. The zero-order valence-corrected chi connectivity index (χ0v) is 19.8. The molecule has 4 aromatic rings. The van der Waals surface area contributed by atoms with Gasteiger partial charge in [0.25, 0.3) is 5.91 Å². The monoisotopic (exact) mass is 517 g/mol. The van der Waals surface area contributed by atoms with Crippen LogP contribution in [0.15, 0.2) is 78.1 Å². The number of nitrogens with one attached hydrogen (secondary N) is 1. The number of sulfone groups is 1. The number of aromatic nitrogens is 2. The molecule has 6 nitrogen and oxygen atoms in total. The van der Waals surface area contributed by atoms with Gasteiger partial charge in [-0.15, -0.1) is 0 Å². The third kappa shape index (κ3) is 4.87. The van der Waals surface area contributed by atoms with E-state index in [-0.39, 0.29) is 28.1 Å². The number of hydrogen-bond acceptors (Lipinski definition) is 4. The van der Waals surface area contributed by atoms with Crippen LogP contribution in [0.2, 0.25) is 0 Å². The van der Waals surface area contributed by atoms with Crippen molar-refractivity contribution >= 4 is 21.4 Å². The van der Waals surface area contributed by atoms with Crippen molar-refractivity contribution in [1.29, 1.82) is 0 Å². The minimum atomic E-state index is -4.64. The van der Waals surface area contributed by atoms with E-state index in [4.69, 9.17) is 0 Å². The lowest BCUT2D eigenvalue weighted by atomic mass is 10.00. The molecule has 0 bridgehead atoms. The van der Waals surface area contributed by atoms with Gasteiger partial charge in [-0.2, -0.15) is 13.2 Å². The molecule has 0 spiro atoms. The van der Waals surface area contributed by atoms with Gasteiger partial charge in [0.2, 0.25) is 0 Å². The standard InChI is InChI=1S/C25H19F4N3O3S/c1-15-19(24(33)31-16-9-10-22(21(26)12-16)36(2,34)35)14-32(17-6-5-11-30-13-17)23(15)18-7-3-4-8-20(18)25(27,28)29/h3-14H,1-2H3,(H,31,33). The molecule has 11 heteroatoms. The summed E-state index contributed by atoms with van der Waals surface area (Å²) in [5, 5.41) is 2.48. The molecule has 2 heterocycles. The molecule has 0 aliphatic heterocycles. The second-order valence-electron chi connectivity index (χ2n) is 8.01.